The molecule has 116 valence electrons. The van der Waals surface area contributed by atoms with Gasteiger partial charge in [-0.05, 0) is 37.1 Å². The summed E-state index contributed by atoms with van der Waals surface area (Å²) in [5, 5.41) is 0. The summed E-state index contributed by atoms with van der Waals surface area (Å²) in [5.41, 5.74) is -0.331. The Balaban J connectivity index is 1.90. The monoisotopic (exact) mass is 301 g/mol. The van der Waals surface area contributed by atoms with Crippen LogP contribution < -0.4 is 9.47 Å². The van der Waals surface area contributed by atoms with E-state index in [-0.39, 0.29) is 17.4 Å². The van der Waals surface area contributed by atoms with Gasteiger partial charge in [0.25, 0.3) is 0 Å². The molecule has 0 radical (unpaired) electrons. The van der Waals surface area contributed by atoms with Gasteiger partial charge in [0.1, 0.15) is 11.5 Å². The van der Waals surface area contributed by atoms with Gasteiger partial charge < -0.3 is 14.3 Å². The zero-order valence-corrected chi connectivity index (χ0v) is 12.8. The third-order valence-electron chi connectivity index (χ3n) is 3.97. The van der Waals surface area contributed by atoms with Crippen molar-refractivity contribution in [3.63, 3.8) is 0 Å². The summed E-state index contributed by atoms with van der Waals surface area (Å²) in [4.78, 5) is 26.6. The Morgan fingerprint density at radius 1 is 1.14 bits per heavy atom. The van der Waals surface area contributed by atoms with Gasteiger partial charge in [0.15, 0.2) is 0 Å². The molecule has 0 amide bonds. The normalized spacial score (nSPS) is 24.1. The first-order valence-corrected chi connectivity index (χ1v) is 7.31. The molecule has 0 aliphatic heterocycles. The van der Waals surface area contributed by atoms with Crippen LogP contribution in [-0.4, -0.2) is 17.5 Å². The average Bonchev–Trinajstić information content (AvgIpc) is 2.49. The van der Waals surface area contributed by atoms with Gasteiger partial charge >= 0.3 is 11.9 Å². The second kappa shape index (κ2) is 6.61. The molecule has 0 N–H and O–H groups in total. The summed E-state index contributed by atoms with van der Waals surface area (Å²) in [7, 11) is 0. The highest BCUT2D eigenvalue weighted by Crippen LogP contribution is 2.35. The van der Waals surface area contributed by atoms with E-state index >= 15 is 0 Å². The summed E-state index contributed by atoms with van der Waals surface area (Å²) < 4.78 is 10.3. The minimum Gasteiger partial charge on any atom is -0.427 e. The van der Waals surface area contributed by atoms with E-state index in [0.717, 1.165) is 12.8 Å². The number of esters is 2. The highest BCUT2D eigenvalue weighted by atomic mass is 16.5. The lowest BCUT2D eigenvalue weighted by molar-refractivity contribution is -0.140. The van der Waals surface area contributed by atoms with Gasteiger partial charge in [-0.2, -0.15) is 0 Å². The largest absolute Gasteiger partial charge is 0.427 e. The summed E-state index contributed by atoms with van der Waals surface area (Å²) >= 11 is 0. The number of hydrogen-bond donors (Lipinski definition) is 0. The third-order valence-corrected chi connectivity index (χ3v) is 3.97. The number of rotatable bonds is 3. The molecule has 1 aromatic carbocycles. The molecular formula is C17H19NO4. The highest BCUT2D eigenvalue weighted by molar-refractivity contribution is 5.75. The van der Waals surface area contributed by atoms with Crippen LogP contribution in [0.5, 0.6) is 11.5 Å². The lowest BCUT2D eigenvalue weighted by atomic mass is 9.78. The summed E-state index contributed by atoms with van der Waals surface area (Å²) in [5.74, 6) is 0.0438. The molecule has 0 heterocycles. The molecule has 0 spiro atoms. The molecule has 5 nitrogen and oxygen atoms in total. The standard InChI is InChI=1S/C17H19NO4/c1-12(19)21-14-4-6-15(7-5-14)22-16(20)13-8-10-17(2,18-3)11-9-13/h4-7,13H,8-11H2,1-2H3. The first kappa shape index (κ1) is 16.0. The van der Waals surface area contributed by atoms with Crippen LogP contribution in [0.15, 0.2) is 24.3 Å². The lowest BCUT2D eigenvalue weighted by Gasteiger charge is -2.27. The maximum atomic E-state index is 12.1. The summed E-state index contributed by atoms with van der Waals surface area (Å²) in [6, 6.07) is 6.37. The van der Waals surface area contributed by atoms with Crippen molar-refractivity contribution in [2.45, 2.75) is 45.1 Å². The fourth-order valence-corrected chi connectivity index (χ4v) is 2.53. The van der Waals surface area contributed by atoms with E-state index in [2.05, 4.69) is 4.85 Å². The molecule has 0 unspecified atom stereocenters. The van der Waals surface area contributed by atoms with Crippen molar-refractivity contribution in [3.05, 3.63) is 35.7 Å². The maximum Gasteiger partial charge on any atom is 0.314 e. The Kier molecular flexibility index (Phi) is 4.81. The topological polar surface area (TPSA) is 57.0 Å². The van der Waals surface area contributed by atoms with Crippen LogP contribution >= 0.6 is 0 Å². The van der Waals surface area contributed by atoms with Crippen molar-refractivity contribution in [1.82, 2.24) is 0 Å². The van der Waals surface area contributed by atoms with E-state index in [1.54, 1.807) is 24.3 Å². The van der Waals surface area contributed by atoms with Crippen LogP contribution in [0.1, 0.15) is 39.5 Å². The lowest BCUT2D eigenvalue weighted by Crippen LogP contribution is -2.32. The summed E-state index contributed by atoms with van der Waals surface area (Å²) in [6.07, 6.45) is 2.82. The van der Waals surface area contributed by atoms with E-state index in [9.17, 15) is 9.59 Å². The molecule has 1 aromatic rings. The Morgan fingerprint density at radius 2 is 1.64 bits per heavy atom. The number of ether oxygens (including phenoxy) is 2. The molecule has 1 aliphatic rings. The first-order valence-electron chi connectivity index (χ1n) is 7.31. The van der Waals surface area contributed by atoms with Crippen LogP contribution in [0, 0.1) is 12.5 Å². The second-order valence-electron chi connectivity index (χ2n) is 5.87. The third kappa shape index (κ3) is 4.08. The highest BCUT2D eigenvalue weighted by Gasteiger charge is 2.39. The van der Waals surface area contributed by atoms with Crippen molar-refractivity contribution >= 4 is 11.9 Å². The fourth-order valence-electron chi connectivity index (χ4n) is 2.53. The van der Waals surface area contributed by atoms with Gasteiger partial charge in [-0.15, -0.1) is 0 Å². The van der Waals surface area contributed by atoms with Crippen LogP contribution in [0.3, 0.4) is 0 Å². The van der Waals surface area contributed by atoms with Crippen molar-refractivity contribution in [1.29, 1.82) is 0 Å². The van der Waals surface area contributed by atoms with E-state index in [1.165, 1.54) is 6.92 Å². The molecule has 1 fully saturated rings. The SMILES string of the molecule is [C-]#[N+]C1(C)CCC(C(=O)Oc2ccc(OC(C)=O)cc2)CC1. The number of hydrogen-bond acceptors (Lipinski definition) is 4. The van der Waals surface area contributed by atoms with Crippen molar-refractivity contribution < 1.29 is 19.1 Å². The van der Waals surface area contributed by atoms with Crippen LogP contribution in [0.4, 0.5) is 0 Å². The molecule has 0 bridgehead atoms. The Bertz CT molecular complexity index is 592. The minimum atomic E-state index is -0.394. The van der Waals surface area contributed by atoms with Gasteiger partial charge in [-0.1, -0.05) is 0 Å². The Morgan fingerprint density at radius 3 is 2.09 bits per heavy atom. The van der Waals surface area contributed by atoms with Crippen molar-refractivity contribution in [2.75, 3.05) is 0 Å². The van der Waals surface area contributed by atoms with Crippen molar-refractivity contribution in [3.8, 4) is 11.5 Å². The predicted octanol–water partition coefficient (Wildman–Crippen LogP) is 3.39. The average molecular weight is 301 g/mol. The van der Waals surface area contributed by atoms with Crippen LogP contribution in [-0.2, 0) is 9.59 Å². The minimum absolute atomic E-state index is 0.150. The van der Waals surface area contributed by atoms with E-state index < -0.39 is 5.97 Å². The maximum absolute atomic E-state index is 12.1. The van der Waals surface area contributed by atoms with Gasteiger partial charge in [0, 0.05) is 26.7 Å². The molecule has 0 aromatic heterocycles. The van der Waals surface area contributed by atoms with Crippen LogP contribution in [0.2, 0.25) is 0 Å². The zero-order valence-electron chi connectivity index (χ0n) is 12.8. The van der Waals surface area contributed by atoms with Crippen molar-refractivity contribution in [2.24, 2.45) is 5.92 Å². The molecule has 5 heteroatoms. The molecular weight excluding hydrogens is 282 g/mol. The van der Waals surface area contributed by atoms with Gasteiger partial charge in [-0.25, -0.2) is 6.57 Å². The zero-order chi connectivity index (χ0) is 16.2. The fraction of sp³-hybridized carbons (Fsp3) is 0.471. The molecule has 1 saturated carbocycles. The molecule has 0 atom stereocenters. The van der Waals surface area contributed by atoms with E-state index in [1.807, 2.05) is 6.92 Å². The number of carbonyl (C=O) groups is 2. The van der Waals surface area contributed by atoms with Gasteiger partial charge in [-0.3, -0.25) is 9.59 Å². The quantitative estimate of drug-likeness (QED) is 0.488. The predicted molar refractivity (Wildman–Crippen MR) is 80.4 cm³/mol. The van der Waals surface area contributed by atoms with E-state index in [0.29, 0.717) is 24.3 Å². The Hall–Kier alpha value is -2.35. The van der Waals surface area contributed by atoms with Gasteiger partial charge in [0.05, 0.1) is 5.92 Å². The molecule has 1 aliphatic carbocycles. The molecule has 0 saturated heterocycles. The number of carbonyl (C=O) groups excluding carboxylic acids is 2. The van der Waals surface area contributed by atoms with Gasteiger partial charge in [0.2, 0.25) is 5.54 Å². The number of nitrogens with zero attached hydrogens (tertiary/aromatic N) is 1. The molecule has 2 rings (SSSR count). The smallest absolute Gasteiger partial charge is 0.314 e. The second-order valence-corrected chi connectivity index (χ2v) is 5.87. The molecule has 22 heavy (non-hydrogen) atoms. The summed E-state index contributed by atoms with van der Waals surface area (Å²) in [6.45, 7) is 10.5. The number of benzene rings is 1. The van der Waals surface area contributed by atoms with Crippen LogP contribution in [0.25, 0.3) is 4.85 Å². The first-order chi connectivity index (χ1) is 10.4. The van der Waals surface area contributed by atoms with E-state index in [4.69, 9.17) is 16.0 Å². The Labute approximate surface area is 130 Å².